The third-order valence-corrected chi connectivity index (χ3v) is 5.57. The number of nitrogens with two attached hydrogens (primary N) is 4. The average molecular weight is 558 g/mol. The number of nitrogens with zero attached hydrogens (tertiary/aromatic N) is 1. The molecule has 13 N–H and O–H groups in total. The fourth-order valence-electron chi connectivity index (χ4n) is 3.51. The van der Waals surface area contributed by atoms with E-state index in [2.05, 4.69) is 26.3 Å². The van der Waals surface area contributed by atoms with E-state index in [0.717, 1.165) is 0 Å². The summed E-state index contributed by atoms with van der Waals surface area (Å²) in [6.07, 6.45) is 1.18. The van der Waals surface area contributed by atoms with Gasteiger partial charge in [0.15, 0.2) is 5.96 Å². The molecule has 0 unspecified atom stereocenters. The summed E-state index contributed by atoms with van der Waals surface area (Å²) in [7, 11) is 0. The molecule has 0 saturated carbocycles. The van der Waals surface area contributed by atoms with E-state index in [4.69, 9.17) is 22.9 Å². The summed E-state index contributed by atoms with van der Waals surface area (Å²) in [6, 6.07) is -4.67. The van der Waals surface area contributed by atoms with Crippen LogP contribution in [0.2, 0.25) is 0 Å². The summed E-state index contributed by atoms with van der Waals surface area (Å²) in [6.45, 7) is 7.62. The molecular weight excluding hydrogens is 510 g/mol. The molecule has 0 bridgehead atoms. The normalized spacial score (nSPS) is 14.1. The first kappa shape index (κ1) is 35.5. The second kappa shape index (κ2) is 18.7. The number of carbonyl (C=O) groups is 5. The molecule has 0 aliphatic rings. The molecule has 0 saturated heterocycles. The second-order valence-corrected chi connectivity index (χ2v) is 9.95. The number of aliphatic imine (C=N–C) groups is 1. The van der Waals surface area contributed by atoms with E-state index in [9.17, 15) is 29.1 Å². The zero-order valence-electron chi connectivity index (χ0n) is 23.4. The summed E-state index contributed by atoms with van der Waals surface area (Å²) in [5.41, 5.74) is 22.0. The third-order valence-electron chi connectivity index (χ3n) is 5.57. The van der Waals surface area contributed by atoms with Gasteiger partial charge in [0, 0.05) is 12.6 Å². The van der Waals surface area contributed by atoms with Crippen LogP contribution in [0.15, 0.2) is 4.99 Å². The largest absolute Gasteiger partial charge is 0.481 e. The summed E-state index contributed by atoms with van der Waals surface area (Å²) in [5.74, 6) is -4.37. The summed E-state index contributed by atoms with van der Waals surface area (Å²) >= 11 is 0. The predicted molar refractivity (Wildman–Crippen MR) is 147 cm³/mol. The molecule has 0 fully saturated rings. The summed E-state index contributed by atoms with van der Waals surface area (Å²) < 4.78 is 0. The number of nitrogens with one attached hydrogen (secondary N) is 4. The Labute approximate surface area is 229 Å². The minimum absolute atomic E-state index is 0.0788. The minimum atomic E-state index is -1.50. The zero-order valence-corrected chi connectivity index (χ0v) is 23.4. The number of guanidine groups is 1. The van der Waals surface area contributed by atoms with Crippen LogP contribution in [0.3, 0.4) is 0 Å². The Morgan fingerprint density at radius 1 is 0.769 bits per heavy atom. The lowest BCUT2D eigenvalue weighted by molar-refractivity contribution is -0.141. The minimum Gasteiger partial charge on any atom is -0.481 e. The van der Waals surface area contributed by atoms with Crippen molar-refractivity contribution in [2.75, 3.05) is 13.1 Å². The molecule has 0 spiro atoms. The van der Waals surface area contributed by atoms with Crippen molar-refractivity contribution >= 4 is 35.6 Å². The Morgan fingerprint density at radius 2 is 1.36 bits per heavy atom. The van der Waals surface area contributed by atoms with Gasteiger partial charge in [-0.3, -0.25) is 29.0 Å². The van der Waals surface area contributed by atoms with Gasteiger partial charge in [-0.25, -0.2) is 0 Å². The van der Waals surface area contributed by atoms with Crippen LogP contribution < -0.4 is 44.2 Å². The second-order valence-electron chi connectivity index (χ2n) is 9.95. The number of unbranched alkanes of at least 4 members (excludes halogenated alkanes) is 1. The lowest BCUT2D eigenvalue weighted by Gasteiger charge is -2.27. The predicted octanol–water partition coefficient (Wildman–Crippen LogP) is -2.39. The standard InChI is InChI=1S/C24H47N9O6/c1-13(2)19(23(39)30-14(3)4)33-22(38)17(12-18(34)35)32-21(37)16(9-5-6-10-25)31-20(36)15(26)8-7-11-29-24(27)28/h13-17,19H,5-12,25-26H2,1-4H3,(H,30,39)(H,31,36)(H,32,37)(H,33,38)(H,34,35)(H4,27,28,29)/t15-,16-,17-,19-/m0/s1. The first-order chi connectivity index (χ1) is 18.2. The number of carboxylic acid groups (broad SMARTS) is 1. The molecule has 15 nitrogen and oxygen atoms in total. The third kappa shape index (κ3) is 15.5. The molecule has 0 aliphatic carbocycles. The van der Waals surface area contributed by atoms with Gasteiger partial charge in [-0.1, -0.05) is 13.8 Å². The van der Waals surface area contributed by atoms with Crippen molar-refractivity contribution in [2.24, 2.45) is 33.8 Å². The van der Waals surface area contributed by atoms with E-state index in [-0.39, 0.29) is 37.3 Å². The molecule has 0 aromatic carbocycles. The smallest absolute Gasteiger partial charge is 0.305 e. The maximum atomic E-state index is 13.1. The number of hydrogen-bond donors (Lipinski definition) is 9. The molecule has 0 rings (SSSR count). The number of carbonyl (C=O) groups excluding carboxylic acids is 4. The quantitative estimate of drug-likeness (QED) is 0.0461. The first-order valence-electron chi connectivity index (χ1n) is 13.1. The highest BCUT2D eigenvalue weighted by atomic mass is 16.4. The molecule has 39 heavy (non-hydrogen) atoms. The molecule has 0 aromatic heterocycles. The molecular formula is C24H47N9O6. The van der Waals surface area contributed by atoms with E-state index in [1.54, 1.807) is 27.7 Å². The van der Waals surface area contributed by atoms with Gasteiger partial charge in [0.2, 0.25) is 23.6 Å². The van der Waals surface area contributed by atoms with Crippen molar-refractivity contribution in [3.05, 3.63) is 0 Å². The van der Waals surface area contributed by atoms with Gasteiger partial charge < -0.3 is 49.3 Å². The number of rotatable bonds is 19. The van der Waals surface area contributed by atoms with Crippen LogP contribution in [0.1, 0.15) is 66.2 Å². The van der Waals surface area contributed by atoms with Gasteiger partial charge in [-0.05, 0) is 58.4 Å². The van der Waals surface area contributed by atoms with Gasteiger partial charge in [0.05, 0.1) is 12.5 Å². The van der Waals surface area contributed by atoms with E-state index in [1.807, 2.05) is 0 Å². The molecule has 15 heteroatoms. The monoisotopic (exact) mass is 557 g/mol. The van der Waals surface area contributed by atoms with Crippen LogP contribution >= 0.6 is 0 Å². The Kier molecular flexibility index (Phi) is 17.1. The van der Waals surface area contributed by atoms with Crippen LogP contribution in [-0.2, 0) is 24.0 Å². The van der Waals surface area contributed by atoms with Crippen molar-refractivity contribution in [3.63, 3.8) is 0 Å². The van der Waals surface area contributed by atoms with Gasteiger partial charge in [0.1, 0.15) is 18.1 Å². The first-order valence-corrected chi connectivity index (χ1v) is 13.1. The van der Waals surface area contributed by atoms with Crippen LogP contribution in [0, 0.1) is 5.92 Å². The van der Waals surface area contributed by atoms with E-state index in [1.165, 1.54) is 0 Å². The fraction of sp³-hybridized carbons (Fsp3) is 0.750. The molecule has 0 aliphatic heterocycles. The molecule has 224 valence electrons. The number of amides is 4. The maximum Gasteiger partial charge on any atom is 0.305 e. The highest BCUT2D eigenvalue weighted by molar-refractivity contribution is 5.96. The van der Waals surface area contributed by atoms with Crippen LogP contribution in [0.25, 0.3) is 0 Å². The molecule has 4 atom stereocenters. The van der Waals surface area contributed by atoms with Crippen molar-refractivity contribution in [3.8, 4) is 0 Å². The Balaban J connectivity index is 5.57. The van der Waals surface area contributed by atoms with Crippen molar-refractivity contribution < 1.29 is 29.1 Å². The maximum absolute atomic E-state index is 13.1. The lowest BCUT2D eigenvalue weighted by atomic mass is 10.0. The SMILES string of the molecule is CC(C)NC(=O)[C@@H](NC(=O)[C@H](CC(=O)O)NC(=O)[C@H](CCCCN)NC(=O)[C@@H](N)CCCN=C(N)N)C(C)C. The van der Waals surface area contributed by atoms with Crippen LogP contribution in [0.4, 0.5) is 0 Å². The van der Waals surface area contributed by atoms with Gasteiger partial charge >= 0.3 is 5.97 Å². The lowest BCUT2D eigenvalue weighted by Crippen LogP contribution is -2.59. The topological polar surface area (TPSA) is 270 Å². The summed E-state index contributed by atoms with van der Waals surface area (Å²) in [4.78, 5) is 66.6. The number of hydrogen-bond acceptors (Lipinski definition) is 8. The van der Waals surface area contributed by atoms with Crippen LogP contribution in [-0.4, -0.2) is 84.0 Å². The average Bonchev–Trinajstić information content (AvgIpc) is 2.82. The highest BCUT2D eigenvalue weighted by Gasteiger charge is 2.32. The van der Waals surface area contributed by atoms with E-state index in [0.29, 0.717) is 25.8 Å². The highest BCUT2D eigenvalue weighted by Crippen LogP contribution is 2.07. The van der Waals surface area contributed by atoms with E-state index >= 15 is 0 Å². The van der Waals surface area contributed by atoms with Crippen LogP contribution in [0.5, 0.6) is 0 Å². The van der Waals surface area contributed by atoms with Crippen molar-refractivity contribution in [2.45, 2.75) is 96.4 Å². The Bertz CT molecular complexity index is 846. The molecule has 4 amide bonds. The van der Waals surface area contributed by atoms with Gasteiger partial charge in [-0.2, -0.15) is 0 Å². The summed E-state index contributed by atoms with van der Waals surface area (Å²) in [5, 5.41) is 19.6. The fourth-order valence-corrected chi connectivity index (χ4v) is 3.51. The number of aliphatic carboxylic acids is 1. The zero-order chi connectivity index (χ0) is 30.1. The van der Waals surface area contributed by atoms with Gasteiger partial charge in [-0.15, -0.1) is 0 Å². The molecule has 0 heterocycles. The number of carboxylic acids is 1. The van der Waals surface area contributed by atoms with Crippen molar-refractivity contribution in [1.29, 1.82) is 0 Å². The van der Waals surface area contributed by atoms with E-state index < -0.39 is 60.2 Å². The van der Waals surface area contributed by atoms with Crippen molar-refractivity contribution in [1.82, 2.24) is 21.3 Å². The Hall–Kier alpha value is -3.46. The molecule has 0 aromatic rings. The van der Waals surface area contributed by atoms with Gasteiger partial charge in [0.25, 0.3) is 0 Å². The Morgan fingerprint density at radius 3 is 1.87 bits per heavy atom. The molecule has 0 radical (unpaired) electrons.